The van der Waals surface area contributed by atoms with Crippen LogP contribution >= 0.6 is 0 Å². The molecule has 0 radical (unpaired) electrons. The van der Waals surface area contributed by atoms with Crippen LogP contribution in [0, 0.1) is 6.92 Å². The number of aryl methyl sites for hydroxylation is 1. The molecule has 4 heteroatoms. The summed E-state index contributed by atoms with van der Waals surface area (Å²) in [6.45, 7) is 16.0. The van der Waals surface area contributed by atoms with Gasteiger partial charge in [-0.15, -0.1) is 6.58 Å². The normalized spacial score (nSPS) is 26.8. The Morgan fingerprint density at radius 2 is 2.00 bits per heavy atom. The first-order chi connectivity index (χ1) is 11.1. The Morgan fingerprint density at radius 1 is 1.29 bits per heavy atom. The quantitative estimate of drug-likeness (QED) is 0.321. The standard InChI is InChI=1S/C20H32O3Si/c1-7-20(21)11-10-19(20,3)17-9-8-16(2)14-18(17)23-15-22-12-13-24(4,5)6/h7-9,14,21H,1,10-13,15H2,2-6H3/t19-,20+/m1/s1. The minimum Gasteiger partial charge on any atom is -0.467 e. The number of ether oxygens (including phenoxy) is 2. The average molecular weight is 349 g/mol. The smallest absolute Gasteiger partial charge is 0.189 e. The SMILES string of the molecule is C=C[C@]1(O)CC[C@]1(C)c1ccc(C)cc1OCOCC[Si](C)(C)C. The van der Waals surface area contributed by atoms with Crippen molar-refractivity contribution in [3.63, 3.8) is 0 Å². The van der Waals surface area contributed by atoms with Gasteiger partial charge in [0.25, 0.3) is 0 Å². The molecule has 0 saturated heterocycles. The van der Waals surface area contributed by atoms with Crippen LogP contribution in [0.25, 0.3) is 0 Å². The number of hydrogen-bond donors (Lipinski definition) is 1. The van der Waals surface area contributed by atoms with Crippen molar-refractivity contribution < 1.29 is 14.6 Å². The van der Waals surface area contributed by atoms with E-state index >= 15 is 0 Å². The van der Waals surface area contributed by atoms with E-state index in [0.717, 1.165) is 42.4 Å². The summed E-state index contributed by atoms with van der Waals surface area (Å²) in [5, 5.41) is 10.8. The molecule has 0 amide bonds. The fourth-order valence-corrected chi connectivity index (χ4v) is 3.96. The first-order valence-corrected chi connectivity index (χ1v) is 12.5. The van der Waals surface area contributed by atoms with E-state index in [-0.39, 0.29) is 12.2 Å². The summed E-state index contributed by atoms with van der Waals surface area (Å²) < 4.78 is 11.6. The summed E-state index contributed by atoms with van der Waals surface area (Å²) in [6, 6.07) is 7.30. The van der Waals surface area contributed by atoms with Crippen molar-refractivity contribution in [2.24, 2.45) is 0 Å². The molecule has 0 aliphatic heterocycles. The molecule has 1 aromatic carbocycles. The molecule has 1 aliphatic rings. The largest absolute Gasteiger partial charge is 0.467 e. The fourth-order valence-electron chi connectivity index (χ4n) is 3.20. The molecule has 0 aromatic heterocycles. The van der Waals surface area contributed by atoms with E-state index in [1.54, 1.807) is 6.08 Å². The second-order valence-electron chi connectivity index (χ2n) is 8.44. The molecule has 3 nitrogen and oxygen atoms in total. The van der Waals surface area contributed by atoms with E-state index in [2.05, 4.69) is 45.3 Å². The summed E-state index contributed by atoms with van der Waals surface area (Å²) in [4.78, 5) is 0. The van der Waals surface area contributed by atoms with E-state index < -0.39 is 13.7 Å². The van der Waals surface area contributed by atoms with Gasteiger partial charge in [-0.05, 0) is 37.4 Å². The lowest BCUT2D eigenvalue weighted by Gasteiger charge is -2.53. The summed E-state index contributed by atoms with van der Waals surface area (Å²) in [5.74, 6) is 0.811. The van der Waals surface area contributed by atoms with Crippen molar-refractivity contribution in [3.05, 3.63) is 42.0 Å². The molecule has 1 N–H and O–H groups in total. The van der Waals surface area contributed by atoms with E-state index in [0.29, 0.717) is 0 Å². The fraction of sp³-hybridized carbons (Fsp3) is 0.600. The maximum Gasteiger partial charge on any atom is 0.189 e. The van der Waals surface area contributed by atoms with Crippen molar-refractivity contribution in [1.82, 2.24) is 0 Å². The van der Waals surface area contributed by atoms with Crippen LogP contribution in [0.1, 0.15) is 30.9 Å². The second kappa shape index (κ2) is 7.02. The van der Waals surface area contributed by atoms with E-state index in [9.17, 15) is 5.11 Å². The number of aliphatic hydroxyl groups is 1. The van der Waals surface area contributed by atoms with Crippen LogP contribution in [0.5, 0.6) is 5.75 Å². The van der Waals surface area contributed by atoms with Gasteiger partial charge in [0.2, 0.25) is 0 Å². The maximum atomic E-state index is 10.8. The molecule has 1 saturated carbocycles. The minimum atomic E-state index is -1.08. The van der Waals surface area contributed by atoms with Crippen LogP contribution < -0.4 is 4.74 Å². The Kier molecular flexibility index (Phi) is 5.63. The lowest BCUT2D eigenvalue weighted by molar-refractivity contribution is -0.0714. The molecule has 1 aliphatic carbocycles. The zero-order chi connectivity index (χ0) is 18.0. The van der Waals surface area contributed by atoms with Gasteiger partial charge >= 0.3 is 0 Å². The topological polar surface area (TPSA) is 38.7 Å². The Hall–Kier alpha value is -1.10. The first-order valence-electron chi connectivity index (χ1n) is 8.79. The summed E-state index contributed by atoms with van der Waals surface area (Å²) in [6.07, 6.45) is 3.34. The Labute approximate surface area is 147 Å². The van der Waals surface area contributed by atoms with Gasteiger partial charge in [0, 0.05) is 25.7 Å². The van der Waals surface area contributed by atoms with Crippen molar-refractivity contribution in [2.75, 3.05) is 13.4 Å². The third-order valence-corrected chi connectivity index (χ3v) is 7.03. The lowest BCUT2D eigenvalue weighted by atomic mass is 9.54. The van der Waals surface area contributed by atoms with Gasteiger partial charge in [0.1, 0.15) is 5.75 Å². The molecule has 1 fully saturated rings. The molecule has 24 heavy (non-hydrogen) atoms. The molecule has 2 atom stereocenters. The van der Waals surface area contributed by atoms with Crippen LogP contribution in [0.2, 0.25) is 25.7 Å². The van der Waals surface area contributed by atoms with Gasteiger partial charge in [-0.3, -0.25) is 0 Å². The van der Waals surface area contributed by atoms with Gasteiger partial charge in [-0.1, -0.05) is 44.8 Å². The van der Waals surface area contributed by atoms with Crippen molar-refractivity contribution in [1.29, 1.82) is 0 Å². The maximum absolute atomic E-state index is 10.8. The summed E-state index contributed by atoms with van der Waals surface area (Å²) in [5.41, 5.74) is 0.964. The van der Waals surface area contributed by atoms with Gasteiger partial charge < -0.3 is 14.6 Å². The molecule has 0 unspecified atom stereocenters. The molecule has 0 spiro atoms. The molecule has 134 valence electrons. The monoisotopic (exact) mass is 348 g/mol. The molecule has 1 aromatic rings. The minimum absolute atomic E-state index is 0.254. The van der Waals surface area contributed by atoms with E-state index in [4.69, 9.17) is 9.47 Å². The molecular formula is C20H32O3Si. The predicted molar refractivity (Wildman–Crippen MR) is 103 cm³/mol. The van der Waals surface area contributed by atoms with Gasteiger partial charge in [0.05, 0.1) is 5.60 Å². The molecule has 0 bridgehead atoms. The lowest BCUT2D eigenvalue weighted by Crippen LogP contribution is -2.57. The third kappa shape index (κ3) is 3.93. The van der Waals surface area contributed by atoms with E-state index in [1.165, 1.54) is 0 Å². The average Bonchev–Trinajstić information content (AvgIpc) is 2.51. The number of rotatable bonds is 8. The van der Waals surface area contributed by atoms with Crippen molar-refractivity contribution in [3.8, 4) is 5.75 Å². The van der Waals surface area contributed by atoms with Gasteiger partial charge in [-0.25, -0.2) is 0 Å². The second-order valence-corrected chi connectivity index (χ2v) is 14.1. The number of hydrogen-bond acceptors (Lipinski definition) is 3. The molecule has 2 rings (SSSR count). The molecule has 0 heterocycles. The van der Waals surface area contributed by atoms with Crippen LogP contribution in [-0.4, -0.2) is 32.2 Å². The Morgan fingerprint density at radius 3 is 2.54 bits per heavy atom. The van der Waals surface area contributed by atoms with Crippen LogP contribution in [-0.2, 0) is 10.2 Å². The van der Waals surface area contributed by atoms with Crippen LogP contribution in [0.3, 0.4) is 0 Å². The van der Waals surface area contributed by atoms with Crippen molar-refractivity contribution in [2.45, 2.75) is 63.4 Å². The first kappa shape index (κ1) is 19.2. The summed E-state index contributed by atoms with van der Waals surface area (Å²) in [7, 11) is -1.08. The number of benzene rings is 1. The predicted octanol–water partition coefficient (Wildman–Crippen LogP) is 4.65. The highest BCUT2D eigenvalue weighted by atomic mass is 28.3. The highest BCUT2D eigenvalue weighted by Gasteiger charge is 2.55. The van der Waals surface area contributed by atoms with Gasteiger partial charge in [0.15, 0.2) is 6.79 Å². The van der Waals surface area contributed by atoms with Crippen molar-refractivity contribution >= 4 is 8.07 Å². The van der Waals surface area contributed by atoms with Gasteiger partial charge in [-0.2, -0.15) is 0 Å². The Balaban J connectivity index is 2.08. The van der Waals surface area contributed by atoms with Crippen LogP contribution in [0.4, 0.5) is 0 Å². The van der Waals surface area contributed by atoms with Crippen LogP contribution in [0.15, 0.2) is 30.9 Å². The zero-order valence-corrected chi connectivity index (χ0v) is 16.8. The van der Waals surface area contributed by atoms with E-state index in [1.807, 2.05) is 13.0 Å². The highest BCUT2D eigenvalue weighted by molar-refractivity contribution is 6.76. The summed E-state index contributed by atoms with van der Waals surface area (Å²) >= 11 is 0. The molecular weight excluding hydrogens is 316 g/mol. The third-order valence-electron chi connectivity index (χ3n) is 5.33. The Bertz CT molecular complexity index is 593. The zero-order valence-electron chi connectivity index (χ0n) is 15.8. The highest BCUT2D eigenvalue weighted by Crippen LogP contribution is 2.54.